The normalized spacial score (nSPS) is 20.3. The van der Waals surface area contributed by atoms with Gasteiger partial charge in [-0.05, 0) is 31.7 Å². The van der Waals surface area contributed by atoms with E-state index in [0.29, 0.717) is 43.9 Å². The molecular formula is C20H27N7O. The largest absolute Gasteiger partial charge is 0.352 e. The second kappa shape index (κ2) is 8.50. The fourth-order valence-electron chi connectivity index (χ4n) is 4.03. The van der Waals surface area contributed by atoms with Crippen LogP contribution in [-0.2, 0) is 0 Å². The zero-order valence-corrected chi connectivity index (χ0v) is 16.4. The lowest BCUT2D eigenvalue weighted by Gasteiger charge is -2.36. The van der Waals surface area contributed by atoms with Crippen LogP contribution in [0.4, 0.5) is 11.8 Å². The molecule has 0 aliphatic carbocycles. The maximum atomic E-state index is 12.8. The molecule has 148 valence electrons. The van der Waals surface area contributed by atoms with Crippen LogP contribution in [0.25, 0.3) is 0 Å². The van der Waals surface area contributed by atoms with E-state index in [1.165, 1.54) is 19.3 Å². The van der Waals surface area contributed by atoms with E-state index in [9.17, 15) is 4.79 Å². The molecular weight excluding hydrogens is 354 g/mol. The Bertz CT molecular complexity index is 775. The fourth-order valence-corrected chi connectivity index (χ4v) is 4.03. The molecule has 2 aliphatic heterocycles. The molecule has 2 aromatic heterocycles. The summed E-state index contributed by atoms with van der Waals surface area (Å²) in [5, 5.41) is 0. The number of piperazine rings is 1. The molecule has 1 amide bonds. The van der Waals surface area contributed by atoms with Crippen molar-refractivity contribution in [2.24, 2.45) is 0 Å². The molecule has 2 fully saturated rings. The minimum absolute atomic E-state index is 0.0571. The first-order valence-electron chi connectivity index (χ1n) is 10.2. The Labute approximate surface area is 165 Å². The van der Waals surface area contributed by atoms with E-state index in [4.69, 9.17) is 0 Å². The highest BCUT2D eigenvalue weighted by Gasteiger charge is 2.26. The van der Waals surface area contributed by atoms with Crippen LogP contribution < -0.4 is 9.80 Å². The SMILES string of the molecule is CCC1CCCCN1c1cnc(C(=O)N2CCN(c3ncccn3)CC2)cn1. The summed E-state index contributed by atoms with van der Waals surface area (Å²) < 4.78 is 0. The number of piperidine rings is 1. The maximum absolute atomic E-state index is 12.8. The minimum Gasteiger partial charge on any atom is -0.352 e. The summed E-state index contributed by atoms with van der Waals surface area (Å²) >= 11 is 0. The van der Waals surface area contributed by atoms with Crippen LogP contribution in [0.1, 0.15) is 43.1 Å². The maximum Gasteiger partial charge on any atom is 0.274 e. The van der Waals surface area contributed by atoms with Gasteiger partial charge in [0.05, 0.1) is 12.4 Å². The van der Waals surface area contributed by atoms with Crippen LogP contribution in [-0.4, -0.2) is 69.5 Å². The molecule has 0 radical (unpaired) electrons. The molecule has 4 heterocycles. The van der Waals surface area contributed by atoms with Crippen molar-refractivity contribution in [1.29, 1.82) is 0 Å². The molecule has 1 atom stereocenters. The number of rotatable bonds is 4. The van der Waals surface area contributed by atoms with Gasteiger partial charge in [0.2, 0.25) is 5.95 Å². The van der Waals surface area contributed by atoms with Crippen molar-refractivity contribution < 1.29 is 4.79 Å². The van der Waals surface area contributed by atoms with Gasteiger partial charge in [0.25, 0.3) is 5.91 Å². The van der Waals surface area contributed by atoms with Crippen LogP contribution in [0.15, 0.2) is 30.9 Å². The number of anilines is 2. The second-order valence-electron chi connectivity index (χ2n) is 7.34. The summed E-state index contributed by atoms with van der Waals surface area (Å²) in [4.78, 5) is 36.6. The van der Waals surface area contributed by atoms with Crippen molar-refractivity contribution in [3.8, 4) is 0 Å². The van der Waals surface area contributed by atoms with E-state index in [2.05, 4.69) is 36.7 Å². The van der Waals surface area contributed by atoms with E-state index in [1.807, 2.05) is 4.90 Å². The predicted octanol–water partition coefficient (Wildman–Crippen LogP) is 2.00. The van der Waals surface area contributed by atoms with E-state index in [1.54, 1.807) is 30.9 Å². The van der Waals surface area contributed by atoms with Crippen molar-refractivity contribution in [1.82, 2.24) is 24.8 Å². The van der Waals surface area contributed by atoms with E-state index in [0.717, 1.165) is 18.8 Å². The average Bonchev–Trinajstić information content (AvgIpc) is 2.79. The summed E-state index contributed by atoms with van der Waals surface area (Å²) in [6.45, 7) is 5.92. The first-order valence-corrected chi connectivity index (χ1v) is 10.2. The Kier molecular flexibility index (Phi) is 5.64. The molecule has 8 heteroatoms. The fraction of sp³-hybridized carbons (Fsp3) is 0.550. The Balaban J connectivity index is 1.37. The lowest BCUT2D eigenvalue weighted by Crippen LogP contribution is -2.49. The lowest BCUT2D eigenvalue weighted by atomic mass is 10.0. The Hall–Kier alpha value is -2.77. The molecule has 2 aliphatic rings. The quantitative estimate of drug-likeness (QED) is 0.801. The highest BCUT2D eigenvalue weighted by molar-refractivity contribution is 5.92. The standard InChI is InChI=1S/C20H27N7O/c1-2-16-6-3-4-9-27(16)18-15-23-17(14-24-18)19(28)25-10-12-26(13-11-25)20-21-7-5-8-22-20/h5,7-8,14-16H,2-4,6,9-13H2,1H3. The molecule has 0 N–H and O–H groups in total. The van der Waals surface area contributed by atoms with Crippen LogP contribution >= 0.6 is 0 Å². The van der Waals surface area contributed by atoms with Gasteiger partial charge in [-0.2, -0.15) is 0 Å². The highest BCUT2D eigenvalue weighted by Crippen LogP contribution is 2.24. The van der Waals surface area contributed by atoms with E-state index in [-0.39, 0.29) is 5.91 Å². The number of nitrogens with zero attached hydrogens (tertiary/aromatic N) is 7. The van der Waals surface area contributed by atoms with Gasteiger partial charge in [-0.3, -0.25) is 4.79 Å². The van der Waals surface area contributed by atoms with Gasteiger partial charge in [0, 0.05) is 51.2 Å². The third-order valence-electron chi connectivity index (χ3n) is 5.65. The number of aromatic nitrogens is 4. The number of carbonyl (C=O) groups excluding carboxylic acids is 1. The second-order valence-corrected chi connectivity index (χ2v) is 7.34. The lowest BCUT2D eigenvalue weighted by molar-refractivity contribution is 0.0740. The third-order valence-corrected chi connectivity index (χ3v) is 5.65. The third kappa shape index (κ3) is 3.90. The molecule has 0 saturated carbocycles. The molecule has 0 bridgehead atoms. The molecule has 2 saturated heterocycles. The van der Waals surface area contributed by atoms with E-state index >= 15 is 0 Å². The zero-order valence-electron chi connectivity index (χ0n) is 16.4. The zero-order chi connectivity index (χ0) is 19.3. The number of hydrogen-bond acceptors (Lipinski definition) is 7. The van der Waals surface area contributed by atoms with Crippen LogP contribution in [0.3, 0.4) is 0 Å². The number of hydrogen-bond donors (Lipinski definition) is 0. The molecule has 8 nitrogen and oxygen atoms in total. The summed E-state index contributed by atoms with van der Waals surface area (Å²) in [5.74, 6) is 1.54. The molecule has 1 unspecified atom stereocenters. The van der Waals surface area contributed by atoms with Gasteiger partial charge >= 0.3 is 0 Å². The first-order chi connectivity index (χ1) is 13.8. The minimum atomic E-state index is -0.0571. The smallest absolute Gasteiger partial charge is 0.274 e. The van der Waals surface area contributed by atoms with Gasteiger partial charge in [0.1, 0.15) is 11.5 Å². The summed E-state index contributed by atoms with van der Waals surface area (Å²) in [6, 6.07) is 2.33. The summed E-state index contributed by atoms with van der Waals surface area (Å²) in [7, 11) is 0. The monoisotopic (exact) mass is 381 g/mol. The van der Waals surface area contributed by atoms with Gasteiger partial charge in [0.15, 0.2) is 0 Å². The Morgan fingerprint density at radius 2 is 1.79 bits per heavy atom. The van der Waals surface area contributed by atoms with Crippen LogP contribution in [0.2, 0.25) is 0 Å². The molecule has 2 aromatic rings. The predicted molar refractivity (Wildman–Crippen MR) is 107 cm³/mol. The van der Waals surface area contributed by atoms with Crippen molar-refractivity contribution in [3.63, 3.8) is 0 Å². The van der Waals surface area contributed by atoms with Gasteiger partial charge in [-0.15, -0.1) is 0 Å². The van der Waals surface area contributed by atoms with Crippen LogP contribution in [0.5, 0.6) is 0 Å². The van der Waals surface area contributed by atoms with Crippen molar-refractivity contribution in [2.75, 3.05) is 42.5 Å². The summed E-state index contributed by atoms with van der Waals surface area (Å²) in [6.07, 6.45) is 11.6. The molecule has 0 spiro atoms. The molecule has 4 rings (SSSR count). The van der Waals surface area contributed by atoms with Gasteiger partial charge in [-0.1, -0.05) is 6.92 Å². The Morgan fingerprint density at radius 3 is 2.46 bits per heavy atom. The number of carbonyl (C=O) groups is 1. The average molecular weight is 381 g/mol. The Morgan fingerprint density at radius 1 is 1.00 bits per heavy atom. The van der Waals surface area contributed by atoms with Gasteiger partial charge in [-0.25, -0.2) is 19.9 Å². The molecule has 0 aromatic carbocycles. The summed E-state index contributed by atoms with van der Waals surface area (Å²) in [5.41, 5.74) is 0.415. The first kappa shape index (κ1) is 18.6. The van der Waals surface area contributed by atoms with Crippen molar-refractivity contribution >= 4 is 17.7 Å². The van der Waals surface area contributed by atoms with Crippen molar-refractivity contribution in [3.05, 3.63) is 36.5 Å². The van der Waals surface area contributed by atoms with E-state index < -0.39 is 0 Å². The van der Waals surface area contributed by atoms with Gasteiger partial charge < -0.3 is 14.7 Å². The molecule has 28 heavy (non-hydrogen) atoms. The van der Waals surface area contributed by atoms with Crippen molar-refractivity contribution in [2.45, 2.75) is 38.6 Å². The van der Waals surface area contributed by atoms with Crippen LogP contribution in [0, 0.1) is 0 Å². The number of amides is 1. The topological polar surface area (TPSA) is 78.4 Å². The highest BCUT2D eigenvalue weighted by atomic mass is 16.2.